The number of hydrogen-bond acceptors (Lipinski definition) is 3. The monoisotopic (exact) mass is 431 g/mol. The summed E-state index contributed by atoms with van der Waals surface area (Å²) in [5, 5.41) is 6.71. The number of hydrogen-bond donors (Lipinski definition) is 2. The van der Waals surface area contributed by atoms with Crippen molar-refractivity contribution in [3.8, 4) is 0 Å². The van der Waals surface area contributed by atoms with Crippen molar-refractivity contribution in [2.24, 2.45) is 4.99 Å². The number of halogens is 1. The molecule has 0 saturated heterocycles. The minimum absolute atomic E-state index is 0.0115. The van der Waals surface area contributed by atoms with Crippen LogP contribution in [-0.4, -0.2) is 33.7 Å². The molecule has 0 spiro atoms. The van der Waals surface area contributed by atoms with Gasteiger partial charge >= 0.3 is 0 Å². The molecule has 5 nitrogen and oxygen atoms in total. The summed E-state index contributed by atoms with van der Waals surface area (Å²) in [5.74, 6) is 0.504. The molecule has 1 saturated carbocycles. The molecule has 162 valence electrons. The molecule has 0 unspecified atom stereocenters. The van der Waals surface area contributed by atoms with Crippen LogP contribution in [0.25, 0.3) is 0 Å². The maximum absolute atomic E-state index is 13.3. The SMILES string of the molecule is CCNC(=NCc1ccc(S(C)(=O)=O)c(C)c1)NCC1(c2ccc(F)cc2)CCC1. The molecule has 1 aliphatic rings. The Kier molecular flexibility index (Phi) is 6.81. The fourth-order valence-electron chi connectivity index (χ4n) is 3.97. The number of sulfone groups is 1. The third-order valence-corrected chi connectivity index (χ3v) is 7.02. The van der Waals surface area contributed by atoms with Crippen LogP contribution < -0.4 is 10.6 Å². The number of nitrogens with one attached hydrogen (secondary N) is 2. The molecule has 0 atom stereocenters. The van der Waals surface area contributed by atoms with Crippen LogP contribution in [-0.2, 0) is 21.8 Å². The Morgan fingerprint density at radius 1 is 1.13 bits per heavy atom. The third-order valence-electron chi connectivity index (χ3n) is 5.76. The Hall–Kier alpha value is -2.41. The van der Waals surface area contributed by atoms with Crippen LogP contribution in [0.15, 0.2) is 52.4 Å². The zero-order chi connectivity index (χ0) is 21.8. The summed E-state index contributed by atoms with van der Waals surface area (Å²) in [6, 6.07) is 12.1. The van der Waals surface area contributed by atoms with E-state index in [-0.39, 0.29) is 11.2 Å². The Balaban J connectivity index is 1.70. The average Bonchev–Trinajstić information content (AvgIpc) is 2.65. The van der Waals surface area contributed by atoms with E-state index in [9.17, 15) is 12.8 Å². The Bertz CT molecular complexity index is 1010. The minimum Gasteiger partial charge on any atom is -0.357 e. The van der Waals surface area contributed by atoms with Crippen molar-refractivity contribution in [3.05, 3.63) is 65.0 Å². The first-order valence-electron chi connectivity index (χ1n) is 10.3. The molecule has 0 amide bonds. The largest absolute Gasteiger partial charge is 0.357 e. The van der Waals surface area contributed by atoms with Gasteiger partial charge in [-0.25, -0.2) is 17.8 Å². The van der Waals surface area contributed by atoms with Crippen molar-refractivity contribution in [3.63, 3.8) is 0 Å². The number of benzene rings is 2. The summed E-state index contributed by atoms with van der Waals surface area (Å²) in [4.78, 5) is 5.02. The Labute approximate surface area is 178 Å². The van der Waals surface area contributed by atoms with E-state index in [0.29, 0.717) is 11.4 Å². The molecule has 0 aliphatic heterocycles. The van der Waals surface area contributed by atoms with E-state index >= 15 is 0 Å². The highest BCUT2D eigenvalue weighted by Crippen LogP contribution is 2.43. The first-order valence-corrected chi connectivity index (χ1v) is 12.2. The Morgan fingerprint density at radius 3 is 2.37 bits per heavy atom. The van der Waals surface area contributed by atoms with E-state index in [1.807, 2.05) is 31.2 Å². The smallest absolute Gasteiger partial charge is 0.191 e. The van der Waals surface area contributed by atoms with Crippen LogP contribution in [0.1, 0.15) is 42.9 Å². The van der Waals surface area contributed by atoms with Gasteiger partial charge in [0.25, 0.3) is 0 Å². The normalized spacial score (nSPS) is 16.1. The number of rotatable bonds is 7. The van der Waals surface area contributed by atoms with Gasteiger partial charge in [-0.1, -0.05) is 30.7 Å². The molecule has 2 aromatic carbocycles. The summed E-state index contributed by atoms with van der Waals surface area (Å²) >= 11 is 0. The second-order valence-corrected chi connectivity index (χ2v) is 10.0. The van der Waals surface area contributed by atoms with Crippen LogP contribution >= 0.6 is 0 Å². The van der Waals surface area contributed by atoms with Crippen molar-refractivity contribution in [2.75, 3.05) is 19.3 Å². The average molecular weight is 432 g/mol. The van der Waals surface area contributed by atoms with Crippen LogP contribution in [0.3, 0.4) is 0 Å². The van der Waals surface area contributed by atoms with Crippen molar-refractivity contribution in [2.45, 2.75) is 50.0 Å². The summed E-state index contributed by atoms with van der Waals surface area (Å²) in [7, 11) is -3.22. The maximum Gasteiger partial charge on any atom is 0.191 e. The second-order valence-electron chi connectivity index (χ2n) is 8.06. The highest BCUT2D eigenvalue weighted by atomic mass is 32.2. The van der Waals surface area contributed by atoms with Gasteiger partial charge in [0, 0.05) is 24.8 Å². The molecule has 0 aromatic heterocycles. The predicted octanol–water partition coefficient (Wildman–Crippen LogP) is 3.71. The fourth-order valence-corrected chi connectivity index (χ4v) is 4.92. The van der Waals surface area contributed by atoms with Crippen LogP contribution in [0.2, 0.25) is 0 Å². The van der Waals surface area contributed by atoms with Gasteiger partial charge < -0.3 is 10.6 Å². The van der Waals surface area contributed by atoms with Crippen molar-refractivity contribution < 1.29 is 12.8 Å². The van der Waals surface area contributed by atoms with Crippen LogP contribution in [0.5, 0.6) is 0 Å². The second kappa shape index (κ2) is 9.16. The third kappa shape index (κ3) is 5.19. The quantitative estimate of drug-likeness (QED) is 0.518. The lowest BCUT2D eigenvalue weighted by molar-refractivity contribution is 0.243. The lowest BCUT2D eigenvalue weighted by atomic mass is 9.64. The number of aryl methyl sites for hydroxylation is 1. The van der Waals surface area contributed by atoms with Crippen LogP contribution in [0, 0.1) is 12.7 Å². The molecule has 3 rings (SSSR count). The summed E-state index contributed by atoms with van der Waals surface area (Å²) in [5.41, 5.74) is 2.85. The molecule has 0 bridgehead atoms. The van der Waals surface area contributed by atoms with Gasteiger partial charge in [-0.2, -0.15) is 0 Å². The molecule has 1 fully saturated rings. The predicted molar refractivity (Wildman–Crippen MR) is 119 cm³/mol. The van der Waals surface area contributed by atoms with E-state index in [4.69, 9.17) is 0 Å². The Morgan fingerprint density at radius 2 is 1.83 bits per heavy atom. The molecule has 1 aliphatic carbocycles. The maximum atomic E-state index is 13.3. The molecule has 30 heavy (non-hydrogen) atoms. The molecule has 2 N–H and O–H groups in total. The zero-order valence-corrected chi connectivity index (χ0v) is 18.7. The molecular weight excluding hydrogens is 401 g/mol. The van der Waals surface area contributed by atoms with Gasteiger partial charge in [-0.15, -0.1) is 0 Å². The molecule has 2 aromatic rings. The van der Waals surface area contributed by atoms with E-state index in [2.05, 4.69) is 15.6 Å². The molecule has 7 heteroatoms. The van der Waals surface area contributed by atoms with E-state index in [1.54, 1.807) is 13.0 Å². The van der Waals surface area contributed by atoms with Gasteiger partial charge in [0.05, 0.1) is 11.4 Å². The van der Waals surface area contributed by atoms with Gasteiger partial charge in [0.1, 0.15) is 5.82 Å². The summed E-state index contributed by atoms with van der Waals surface area (Å²) in [6.45, 7) is 5.74. The van der Waals surface area contributed by atoms with Crippen molar-refractivity contribution in [1.29, 1.82) is 0 Å². The van der Waals surface area contributed by atoms with Crippen molar-refractivity contribution in [1.82, 2.24) is 10.6 Å². The number of nitrogens with zero attached hydrogens (tertiary/aromatic N) is 1. The fraction of sp³-hybridized carbons (Fsp3) is 0.435. The first-order chi connectivity index (χ1) is 14.2. The highest BCUT2D eigenvalue weighted by molar-refractivity contribution is 7.90. The topological polar surface area (TPSA) is 70.6 Å². The first kappa shape index (κ1) is 22.3. The van der Waals surface area contributed by atoms with Gasteiger partial charge in [-0.05, 0) is 61.6 Å². The van der Waals surface area contributed by atoms with Gasteiger partial charge in [0.15, 0.2) is 15.8 Å². The highest BCUT2D eigenvalue weighted by Gasteiger charge is 2.38. The lowest BCUT2D eigenvalue weighted by Crippen LogP contribution is -2.48. The zero-order valence-electron chi connectivity index (χ0n) is 17.8. The summed E-state index contributed by atoms with van der Waals surface area (Å²) < 4.78 is 36.9. The minimum atomic E-state index is -3.22. The van der Waals surface area contributed by atoms with E-state index in [0.717, 1.165) is 48.6 Å². The van der Waals surface area contributed by atoms with Gasteiger partial charge in [-0.3, -0.25) is 0 Å². The standard InChI is InChI=1S/C23H30FN3O2S/c1-4-25-22(26-15-18-6-11-21(17(2)14-18)30(3,28)29)27-16-23(12-5-13-23)19-7-9-20(24)10-8-19/h6-11,14H,4-5,12-13,15-16H2,1-3H3,(H2,25,26,27). The molecule has 0 heterocycles. The number of guanidine groups is 1. The van der Waals surface area contributed by atoms with Gasteiger partial charge in [0.2, 0.25) is 0 Å². The van der Waals surface area contributed by atoms with Crippen molar-refractivity contribution >= 4 is 15.8 Å². The number of aliphatic imine (C=N–C) groups is 1. The van der Waals surface area contributed by atoms with E-state index < -0.39 is 9.84 Å². The summed E-state index contributed by atoms with van der Waals surface area (Å²) in [6.07, 6.45) is 4.52. The lowest BCUT2D eigenvalue weighted by Gasteiger charge is -2.43. The molecular formula is C23H30FN3O2S. The van der Waals surface area contributed by atoms with E-state index in [1.165, 1.54) is 24.8 Å². The van der Waals surface area contributed by atoms with Crippen LogP contribution in [0.4, 0.5) is 4.39 Å². The molecule has 0 radical (unpaired) electrons.